The van der Waals surface area contributed by atoms with E-state index in [1.54, 1.807) is 4.68 Å². The quantitative estimate of drug-likeness (QED) is 0.783. The number of aromatic nitrogens is 5. The Labute approximate surface area is 112 Å². The third-order valence-electron chi connectivity index (χ3n) is 2.86. The summed E-state index contributed by atoms with van der Waals surface area (Å²) >= 11 is 6.13. The van der Waals surface area contributed by atoms with Crippen LogP contribution in [0.5, 0.6) is 0 Å². The average Bonchev–Trinajstić information content (AvgIpc) is 2.97. The van der Waals surface area contributed by atoms with Gasteiger partial charge < -0.3 is 4.57 Å². The van der Waals surface area contributed by atoms with Crippen LogP contribution in [0, 0.1) is 0 Å². The van der Waals surface area contributed by atoms with Crippen LogP contribution in [0.1, 0.15) is 50.0 Å². The van der Waals surface area contributed by atoms with E-state index >= 15 is 0 Å². The van der Waals surface area contributed by atoms with Crippen LogP contribution in [0.15, 0.2) is 18.7 Å². The van der Waals surface area contributed by atoms with E-state index in [0.29, 0.717) is 12.6 Å². The Balaban J connectivity index is 2.14. The van der Waals surface area contributed by atoms with Gasteiger partial charge in [0.2, 0.25) is 0 Å². The summed E-state index contributed by atoms with van der Waals surface area (Å²) < 4.78 is 3.93. The van der Waals surface area contributed by atoms with E-state index in [9.17, 15) is 0 Å². The van der Waals surface area contributed by atoms with Crippen molar-refractivity contribution in [3.8, 4) is 0 Å². The van der Waals surface area contributed by atoms with E-state index in [2.05, 4.69) is 33.7 Å². The van der Waals surface area contributed by atoms with Crippen LogP contribution in [0.4, 0.5) is 0 Å². The maximum Gasteiger partial charge on any atom is 0.101 e. The van der Waals surface area contributed by atoms with E-state index in [0.717, 1.165) is 17.8 Å². The Morgan fingerprint density at radius 1 is 1.39 bits per heavy atom. The average molecular weight is 268 g/mol. The summed E-state index contributed by atoms with van der Waals surface area (Å²) in [4.78, 5) is 4.17. The number of hydrogen-bond acceptors (Lipinski definition) is 3. The molecule has 5 nitrogen and oxygen atoms in total. The highest BCUT2D eigenvalue weighted by Gasteiger charge is 2.11. The molecule has 2 rings (SSSR count). The first-order chi connectivity index (χ1) is 8.61. The highest BCUT2D eigenvalue weighted by molar-refractivity contribution is 6.20. The lowest BCUT2D eigenvalue weighted by Gasteiger charge is -2.11. The Bertz CT molecular complexity index is 502. The standard InChI is InChI=1S/C12H18ClN5/c1-4-11(13)12-7-17(16-15-12)6-10-5-14-8-18(10)9(2)3/h5,7-9,11H,4,6H2,1-3H3. The third kappa shape index (κ3) is 2.72. The number of alkyl halides is 1. The lowest BCUT2D eigenvalue weighted by molar-refractivity contribution is 0.541. The first kappa shape index (κ1) is 13.1. The normalized spacial score (nSPS) is 13.2. The second-order valence-corrected chi connectivity index (χ2v) is 5.13. The highest BCUT2D eigenvalue weighted by Crippen LogP contribution is 2.21. The molecule has 0 saturated carbocycles. The predicted octanol–water partition coefficient (Wildman–Crippen LogP) is 2.79. The number of halogens is 1. The van der Waals surface area contributed by atoms with Gasteiger partial charge in [-0.2, -0.15) is 0 Å². The molecule has 0 spiro atoms. The molecular formula is C12H18ClN5. The molecule has 2 aromatic rings. The molecule has 0 fully saturated rings. The van der Waals surface area contributed by atoms with Crippen molar-refractivity contribution >= 4 is 11.6 Å². The van der Waals surface area contributed by atoms with Crippen molar-refractivity contribution in [2.24, 2.45) is 0 Å². The van der Waals surface area contributed by atoms with Gasteiger partial charge in [0.25, 0.3) is 0 Å². The molecule has 6 heteroatoms. The minimum absolute atomic E-state index is 0.0613. The SMILES string of the molecule is CCC(Cl)c1cn(Cc2cncn2C(C)C)nn1. The number of nitrogens with zero attached hydrogens (tertiary/aromatic N) is 5. The smallest absolute Gasteiger partial charge is 0.101 e. The maximum atomic E-state index is 6.13. The van der Waals surface area contributed by atoms with Crippen molar-refractivity contribution in [2.45, 2.75) is 45.2 Å². The first-order valence-electron chi connectivity index (χ1n) is 6.16. The summed E-state index contributed by atoms with van der Waals surface area (Å²) in [6.45, 7) is 6.96. The maximum absolute atomic E-state index is 6.13. The van der Waals surface area contributed by atoms with E-state index in [-0.39, 0.29) is 5.38 Å². The summed E-state index contributed by atoms with van der Waals surface area (Å²) in [5, 5.41) is 8.13. The van der Waals surface area contributed by atoms with E-state index in [1.807, 2.05) is 25.6 Å². The Hall–Kier alpha value is -1.36. The molecule has 0 aliphatic heterocycles. The summed E-state index contributed by atoms with van der Waals surface area (Å²) in [6.07, 6.45) is 6.45. The van der Waals surface area contributed by atoms with Crippen LogP contribution in [0.3, 0.4) is 0 Å². The summed E-state index contributed by atoms with van der Waals surface area (Å²) in [6, 6.07) is 0.391. The molecule has 2 aromatic heterocycles. The number of hydrogen-bond donors (Lipinski definition) is 0. The van der Waals surface area contributed by atoms with Gasteiger partial charge in [0, 0.05) is 6.04 Å². The van der Waals surface area contributed by atoms with Crippen LogP contribution in [0.2, 0.25) is 0 Å². The number of imidazole rings is 1. The zero-order valence-corrected chi connectivity index (χ0v) is 11.7. The number of rotatable bonds is 5. The molecule has 0 aliphatic rings. The second kappa shape index (κ2) is 5.52. The first-order valence-corrected chi connectivity index (χ1v) is 6.60. The second-order valence-electron chi connectivity index (χ2n) is 4.60. The summed E-state index contributed by atoms with van der Waals surface area (Å²) in [5.74, 6) is 0. The molecular weight excluding hydrogens is 250 g/mol. The molecule has 0 N–H and O–H groups in total. The van der Waals surface area contributed by atoms with Crippen molar-refractivity contribution in [3.63, 3.8) is 0 Å². The van der Waals surface area contributed by atoms with Gasteiger partial charge in [-0.3, -0.25) is 0 Å². The molecule has 98 valence electrons. The van der Waals surface area contributed by atoms with Crippen molar-refractivity contribution in [2.75, 3.05) is 0 Å². The van der Waals surface area contributed by atoms with Crippen LogP contribution >= 0.6 is 11.6 Å². The van der Waals surface area contributed by atoms with Gasteiger partial charge in [0.1, 0.15) is 5.69 Å². The fraction of sp³-hybridized carbons (Fsp3) is 0.583. The van der Waals surface area contributed by atoms with Crippen LogP contribution in [0.25, 0.3) is 0 Å². The van der Waals surface area contributed by atoms with Gasteiger partial charge in [-0.1, -0.05) is 12.1 Å². The van der Waals surface area contributed by atoms with Crippen molar-refractivity contribution < 1.29 is 0 Å². The van der Waals surface area contributed by atoms with E-state index in [1.165, 1.54) is 0 Å². The molecule has 0 bridgehead atoms. The van der Waals surface area contributed by atoms with Crippen LogP contribution in [-0.4, -0.2) is 24.5 Å². The summed E-state index contributed by atoms with van der Waals surface area (Å²) in [5.41, 5.74) is 1.94. The molecule has 0 saturated heterocycles. The molecule has 2 heterocycles. The highest BCUT2D eigenvalue weighted by atomic mass is 35.5. The fourth-order valence-corrected chi connectivity index (χ4v) is 1.93. The van der Waals surface area contributed by atoms with Crippen LogP contribution in [-0.2, 0) is 6.54 Å². The molecule has 1 atom stereocenters. The Morgan fingerprint density at radius 2 is 2.17 bits per heavy atom. The Kier molecular flexibility index (Phi) is 4.01. The van der Waals surface area contributed by atoms with Gasteiger partial charge in [-0.25, -0.2) is 9.67 Å². The third-order valence-corrected chi connectivity index (χ3v) is 3.39. The van der Waals surface area contributed by atoms with Crippen molar-refractivity contribution in [3.05, 3.63) is 30.1 Å². The zero-order valence-electron chi connectivity index (χ0n) is 10.9. The fourth-order valence-electron chi connectivity index (χ4n) is 1.83. The molecule has 1 unspecified atom stereocenters. The van der Waals surface area contributed by atoms with Crippen molar-refractivity contribution in [1.29, 1.82) is 0 Å². The minimum Gasteiger partial charge on any atom is -0.330 e. The molecule has 18 heavy (non-hydrogen) atoms. The topological polar surface area (TPSA) is 48.5 Å². The monoisotopic (exact) mass is 267 g/mol. The molecule has 0 aliphatic carbocycles. The lowest BCUT2D eigenvalue weighted by Crippen LogP contribution is -2.09. The molecule has 0 amide bonds. The predicted molar refractivity (Wildman–Crippen MR) is 70.6 cm³/mol. The van der Waals surface area contributed by atoms with Gasteiger partial charge in [-0.15, -0.1) is 16.7 Å². The van der Waals surface area contributed by atoms with E-state index in [4.69, 9.17) is 11.6 Å². The molecule has 0 radical (unpaired) electrons. The summed E-state index contributed by atoms with van der Waals surface area (Å²) in [7, 11) is 0. The molecule has 0 aromatic carbocycles. The van der Waals surface area contributed by atoms with Crippen LogP contribution < -0.4 is 0 Å². The van der Waals surface area contributed by atoms with Gasteiger partial charge >= 0.3 is 0 Å². The van der Waals surface area contributed by atoms with E-state index < -0.39 is 0 Å². The van der Waals surface area contributed by atoms with Gasteiger partial charge in [-0.05, 0) is 20.3 Å². The minimum atomic E-state index is -0.0613. The Morgan fingerprint density at radius 3 is 2.83 bits per heavy atom. The van der Waals surface area contributed by atoms with Crippen molar-refractivity contribution in [1.82, 2.24) is 24.5 Å². The largest absolute Gasteiger partial charge is 0.330 e. The lowest BCUT2D eigenvalue weighted by atomic mass is 10.3. The van der Waals surface area contributed by atoms with Gasteiger partial charge in [0.05, 0.1) is 36.3 Å². The van der Waals surface area contributed by atoms with Gasteiger partial charge in [0.15, 0.2) is 0 Å². The zero-order chi connectivity index (χ0) is 13.1.